The van der Waals surface area contributed by atoms with Crippen molar-refractivity contribution >= 4 is 21.8 Å². The Morgan fingerprint density at radius 2 is 1.69 bits per heavy atom. The Labute approximate surface area is 170 Å². The first kappa shape index (κ1) is 21.5. The van der Waals surface area contributed by atoms with Crippen molar-refractivity contribution in [2.24, 2.45) is 11.7 Å². The topological polar surface area (TPSA) is 119 Å². The number of nitrogens with two attached hydrogens (primary N) is 1. The smallest absolute Gasteiger partial charge is 0.263 e. The zero-order valence-corrected chi connectivity index (χ0v) is 17.3. The highest BCUT2D eigenvalue weighted by atomic mass is 32.2. The molecule has 0 aromatic heterocycles. The van der Waals surface area contributed by atoms with E-state index in [1.54, 1.807) is 24.0 Å². The first-order valence-corrected chi connectivity index (χ1v) is 11.2. The predicted molar refractivity (Wildman–Crippen MR) is 105 cm³/mol. The maximum atomic E-state index is 12.8. The number of hydrogen-bond acceptors (Lipinski definition) is 6. The zero-order chi connectivity index (χ0) is 21.0. The van der Waals surface area contributed by atoms with Gasteiger partial charge in [-0.3, -0.25) is 9.59 Å². The summed E-state index contributed by atoms with van der Waals surface area (Å²) in [4.78, 5) is 25.5. The minimum atomic E-state index is -3.65. The number of sulfonamides is 1. The molecule has 2 heterocycles. The molecule has 2 aliphatic heterocycles. The van der Waals surface area contributed by atoms with Crippen LogP contribution in [-0.2, 0) is 24.3 Å². The lowest BCUT2D eigenvalue weighted by Gasteiger charge is -2.30. The van der Waals surface area contributed by atoms with E-state index in [1.165, 1.54) is 16.4 Å². The van der Waals surface area contributed by atoms with Gasteiger partial charge < -0.3 is 20.1 Å². The van der Waals surface area contributed by atoms with Crippen LogP contribution < -0.4 is 10.5 Å². The lowest BCUT2D eigenvalue weighted by atomic mass is 9.98. The largest absolute Gasteiger partial charge is 0.481 e. The zero-order valence-electron chi connectivity index (χ0n) is 16.5. The van der Waals surface area contributed by atoms with Crippen LogP contribution in [0.1, 0.15) is 19.8 Å². The summed E-state index contributed by atoms with van der Waals surface area (Å²) < 4.78 is 37.9. The van der Waals surface area contributed by atoms with Crippen molar-refractivity contribution in [2.45, 2.75) is 30.8 Å². The molecule has 0 radical (unpaired) electrons. The van der Waals surface area contributed by atoms with Gasteiger partial charge in [-0.2, -0.15) is 4.31 Å². The number of hydrogen-bond donors (Lipinski definition) is 1. The standard InChI is InChI=1S/C19H27N3O6S/c1-14(19(24)21-10-12-27-13-11-21)28-16-2-4-17(5-3-16)29(25,26)22-8-6-15(7-9-22)18(20)23/h2-5,14-15H,6-13H2,1H3,(H2,20,23)/t14-/m1/s1. The molecule has 2 saturated heterocycles. The Kier molecular flexibility index (Phi) is 6.76. The third kappa shape index (κ3) is 5.06. The van der Waals surface area contributed by atoms with E-state index in [0.29, 0.717) is 44.9 Å². The minimum absolute atomic E-state index is 0.123. The SMILES string of the molecule is C[C@@H](Oc1ccc(S(=O)(=O)N2CCC(C(N)=O)CC2)cc1)C(=O)N1CCOCC1. The number of piperidine rings is 1. The van der Waals surface area contributed by atoms with Crippen LogP contribution in [0.5, 0.6) is 5.75 Å². The van der Waals surface area contributed by atoms with E-state index in [0.717, 1.165) is 0 Å². The molecule has 29 heavy (non-hydrogen) atoms. The van der Waals surface area contributed by atoms with Crippen LogP contribution >= 0.6 is 0 Å². The number of nitrogens with zero attached hydrogens (tertiary/aromatic N) is 2. The normalized spacial score (nSPS) is 20.2. The van der Waals surface area contributed by atoms with Gasteiger partial charge in [0.1, 0.15) is 5.75 Å². The number of rotatable bonds is 6. The second-order valence-corrected chi connectivity index (χ2v) is 9.19. The Bertz CT molecular complexity index is 828. The number of benzene rings is 1. The van der Waals surface area contributed by atoms with Gasteiger partial charge in [-0.1, -0.05) is 0 Å². The van der Waals surface area contributed by atoms with Crippen molar-refractivity contribution in [1.82, 2.24) is 9.21 Å². The molecule has 160 valence electrons. The van der Waals surface area contributed by atoms with Crippen LogP contribution in [-0.4, -0.2) is 74.9 Å². The van der Waals surface area contributed by atoms with E-state index < -0.39 is 16.1 Å². The summed E-state index contributed by atoms with van der Waals surface area (Å²) in [6.45, 7) is 4.31. The van der Waals surface area contributed by atoms with Crippen molar-refractivity contribution in [2.75, 3.05) is 39.4 Å². The third-order valence-electron chi connectivity index (χ3n) is 5.30. The fourth-order valence-corrected chi connectivity index (χ4v) is 4.99. The van der Waals surface area contributed by atoms with E-state index in [-0.39, 0.29) is 35.7 Å². The molecule has 10 heteroatoms. The number of primary amides is 1. The Morgan fingerprint density at radius 3 is 2.24 bits per heavy atom. The van der Waals surface area contributed by atoms with E-state index in [1.807, 2.05) is 0 Å². The maximum absolute atomic E-state index is 12.8. The molecule has 2 fully saturated rings. The van der Waals surface area contributed by atoms with Gasteiger partial charge in [-0.05, 0) is 44.0 Å². The predicted octanol–water partition coefficient (Wildman–Crippen LogP) is 0.199. The summed E-state index contributed by atoms with van der Waals surface area (Å²) in [5.41, 5.74) is 5.30. The summed E-state index contributed by atoms with van der Waals surface area (Å²) in [5, 5.41) is 0. The summed E-state index contributed by atoms with van der Waals surface area (Å²) in [5.74, 6) is -0.361. The van der Waals surface area contributed by atoms with Crippen LogP contribution in [0.2, 0.25) is 0 Å². The van der Waals surface area contributed by atoms with E-state index in [2.05, 4.69) is 0 Å². The van der Waals surface area contributed by atoms with Crippen LogP contribution in [0.25, 0.3) is 0 Å². The molecule has 0 saturated carbocycles. The molecular formula is C19H27N3O6S. The fourth-order valence-electron chi connectivity index (χ4n) is 3.52. The molecule has 0 unspecified atom stereocenters. The van der Waals surface area contributed by atoms with E-state index in [9.17, 15) is 18.0 Å². The number of ether oxygens (including phenoxy) is 2. The quantitative estimate of drug-likeness (QED) is 0.695. The second-order valence-electron chi connectivity index (χ2n) is 7.25. The Morgan fingerprint density at radius 1 is 1.10 bits per heavy atom. The van der Waals surface area contributed by atoms with Crippen LogP contribution in [0, 0.1) is 5.92 Å². The summed E-state index contributed by atoms with van der Waals surface area (Å²) in [6.07, 6.45) is 0.178. The summed E-state index contributed by atoms with van der Waals surface area (Å²) in [7, 11) is -3.65. The molecule has 3 rings (SSSR count). The monoisotopic (exact) mass is 425 g/mol. The highest BCUT2D eigenvalue weighted by Crippen LogP contribution is 2.25. The van der Waals surface area contributed by atoms with Gasteiger partial charge >= 0.3 is 0 Å². The fraction of sp³-hybridized carbons (Fsp3) is 0.579. The molecule has 2 amide bonds. The molecule has 9 nitrogen and oxygen atoms in total. The molecular weight excluding hydrogens is 398 g/mol. The maximum Gasteiger partial charge on any atom is 0.263 e. The molecule has 0 aliphatic carbocycles. The van der Waals surface area contributed by atoms with Crippen molar-refractivity contribution in [3.8, 4) is 5.75 Å². The minimum Gasteiger partial charge on any atom is -0.481 e. The molecule has 2 aliphatic rings. The summed E-state index contributed by atoms with van der Waals surface area (Å²) in [6, 6.07) is 6.03. The summed E-state index contributed by atoms with van der Waals surface area (Å²) >= 11 is 0. The molecule has 0 spiro atoms. The number of carbonyl (C=O) groups is 2. The number of carbonyl (C=O) groups excluding carboxylic acids is 2. The highest BCUT2D eigenvalue weighted by molar-refractivity contribution is 7.89. The average molecular weight is 426 g/mol. The number of morpholine rings is 1. The van der Waals surface area contributed by atoms with Crippen molar-refractivity contribution < 1.29 is 27.5 Å². The van der Waals surface area contributed by atoms with Gasteiger partial charge in [0, 0.05) is 32.1 Å². The van der Waals surface area contributed by atoms with Gasteiger partial charge in [0.2, 0.25) is 15.9 Å². The van der Waals surface area contributed by atoms with Gasteiger partial charge in [0.25, 0.3) is 5.91 Å². The van der Waals surface area contributed by atoms with Crippen LogP contribution in [0.3, 0.4) is 0 Å². The highest BCUT2D eigenvalue weighted by Gasteiger charge is 2.31. The Hall–Kier alpha value is -2.17. The average Bonchev–Trinajstić information content (AvgIpc) is 2.74. The van der Waals surface area contributed by atoms with Crippen LogP contribution in [0.15, 0.2) is 29.2 Å². The van der Waals surface area contributed by atoms with E-state index in [4.69, 9.17) is 15.2 Å². The van der Waals surface area contributed by atoms with Crippen molar-refractivity contribution in [1.29, 1.82) is 0 Å². The van der Waals surface area contributed by atoms with Gasteiger partial charge in [0.15, 0.2) is 6.10 Å². The van der Waals surface area contributed by atoms with E-state index >= 15 is 0 Å². The van der Waals surface area contributed by atoms with Crippen LogP contribution in [0.4, 0.5) is 0 Å². The molecule has 2 N–H and O–H groups in total. The molecule has 0 bridgehead atoms. The van der Waals surface area contributed by atoms with Crippen molar-refractivity contribution in [3.05, 3.63) is 24.3 Å². The first-order valence-electron chi connectivity index (χ1n) is 9.72. The number of amides is 2. The van der Waals surface area contributed by atoms with Gasteiger partial charge in [-0.25, -0.2) is 8.42 Å². The first-order chi connectivity index (χ1) is 13.8. The Balaban J connectivity index is 1.60. The molecule has 1 aromatic carbocycles. The van der Waals surface area contributed by atoms with Crippen molar-refractivity contribution in [3.63, 3.8) is 0 Å². The molecule has 1 aromatic rings. The lowest BCUT2D eigenvalue weighted by Crippen LogP contribution is -2.46. The van der Waals surface area contributed by atoms with Gasteiger partial charge in [0.05, 0.1) is 18.1 Å². The second kappa shape index (κ2) is 9.10. The molecule has 1 atom stereocenters. The third-order valence-corrected chi connectivity index (χ3v) is 7.21. The van der Waals surface area contributed by atoms with Gasteiger partial charge in [-0.15, -0.1) is 0 Å². The lowest BCUT2D eigenvalue weighted by molar-refractivity contribution is -0.142.